The van der Waals surface area contributed by atoms with Gasteiger partial charge in [-0.05, 0) is 72.3 Å². The molecule has 1 aromatic heterocycles. The average Bonchev–Trinajstić information content (AvgIpc) is 2.81. The van der Waals surface area contributed by atoms with Gasteiger partial charge in [0.1, 0.15) is 6.10 Å². The lowest BCUT2D eigenvalue weighted by Crippen LogP contribution is -2.38. The van der Waals surface area contributed by atoms with E-state index < -0.39 is 23.9 Å². The molecule has 1 aromatic carbocycles. The Balaban J connectivity index is 1.70. The molecule has 2 atom stereocenters. The lowest BCUT2D eigenvalue weighted by Gasteiger charge is -2.47. The number of ether oxygens (including phenoxy) is 1. The van der Waals surface area contributed by atoms with Crippen LogP contribution in [0.5, 0.6) is 0 Å². The third kappa shape index (κ3) is 4.43. The first-order valence-electron chi connectivity index (χ1n) is 12.5. The van der Waals surface area contributed by atoms with Crippen LogP contribution >= 0.6 is 0 Å². The molecule has 2 aliphatic carbocycles. The van der Waals surface area contributed by atoms with Crippen LogP contribution in [0.2, 0.25) is 0 Å². The summed E-state index contributed by atoms with van der Waals surface area (Å²) in [6.07, 6.45) is 1.16. The lowest BCUT2D eigenvalue weighted by molar-refractivity contribution is -0.137. The second kappa shape index (κ2) is 9.02. The SMILES string of the molecule is CC(C)c1nc2c(c(C3=CCOCC3)c1[C@H](O)c1ccc(C(F)(F)F)cc1)[C@@H](O)CC1(CCC1)C2. The van der Waals surface area contributed by atoms with Crippen LogP contribution in [0.25, 0.3) is 5.57 Å². The molecule has 0 saturated heterocycles. The Kier molecular flexibility index (Phi) is 6.31. The smallest absolute Gasteiger partial charge is 0.388 e. The summed E-state index contributed by atoms with van der Waals surface area (Å²) in [5.41, 5.74) is 4.54. The van der Waals surface area contributed by atoms with Crippen molar-refractivity contribution in [3.8, 4) is 0 Å². The zero-order valence-electron chi connectivity index (χ0n) is 20.2. The maximum atomic E-state index is 13.1. The van der Waals surface area contributed by atoms with Gasteiger partial charge in [-0.1, -0.05) is 38.5 Å². The lowest BCUT2D eigenvalue weighted by atomic mass is 9.59. The number of halogens is 3. The van der Waals surface area contributed by atoms with Gasteiger partial charge in [0.2, 0.25) is 0 Å². The van der Waals surface area contributed by atoms with Crippen molar-refractivity contribution in [1.82, 2.24) is 4.98 Å². The first-order valence-corrected chi connectivity index (χ1v) is 12.5. The highest BCUT2D eigenvalue weighted by atomic mass is 19.4. The minimum atomic E-state index is -4.44. The van der Waals surface area contributed by atoms with Gasteiger partial charge in [0.25, 0.3) is 0 Å². The first kappa shape index (κ1) is 24.5. The summed E-state index contributed by atoms with van der Waals surface area (Å²) >= 11 is 0. The summed E-state index contributed by atoms with van der Waals surface area (Å²) in [6, 6.07) is 4.67. The molecule has 1 spiro atoms. The fourth-order valence-electron chi connectivity index (χ4n) is 6.01. The largest absolute Gasteiger partial charge is 0.416 e. The van der Waals surface area contributed by atoms with E-state index in [4.69, 9.17) is 9.72 Å². The highest BCUT2D eigenvalue weighted by Crippen LogP contribution is 2.55. The molecule has 7 heteroatoms. The van der Waals surface area contributed by atoms with Crippen molar-refractivity contribution in [2.24, 2.45) is 5.41 Å². The highest BCUT2D eigenvalue weighted by molar-refractivity contribution is 5.75. The molecule has 0 bridgehead atoms. The molecule has 0 amide bonds. The molecule has 2 N–H and O–H groups in total. The molecule has 5 rings (SSSR count). The van der Waals surface area contributed by atoms with Gasteiger partial charge in [0, 0.05) is 22.5 Å². The standard InChI is InChI=1S/C28H32F3NO3/c1-16(2)25-24(26(34)18-4-6-19(7-5-18)28(29,30)31)22(17-8-12-35-13-9-17)23-20(32-25)14-27(10-3-11-27)15-21(23)33/h4-8,16,21,26,33-34H,3,9-15H2,1-2H3/t21-,26+/m0/s1. The fourth-order valence-corrected chi connectivity index (χ4v) is 6.01. The summed E-state index contributed by atoms with van der Waals surface area (Å²) in [7, 11) is 0. The van der Waals surface area contributed by atoms with Crippen LogP contribution in [-0.4, -0.2) is 28.4 Å². The normalized spacial score (nSPS) is 22.5. The van der Waals surface area contributed by atoms with Gasteiger partial charge in [-0.3, -0.25) is 4.98 Å². The average molecular weight is 488 g/mol. The van der Waals surface area contributed by atoms with Crippen LogP contribution in [0.15, 0.2) is 30.3 Å². The second-order valence-electron chi connectivity index (χ2n) is 10.6. The van der Waals surface area contributed by atoms with Gasteiger partial charge in [-0.15, -0.1) is 0 Å². The van der Waals surface area contributed by atoms with Crippen molar-refractivity contribution in [3.63, 3.8) is 0 Å². The minimum absolute atomic E-state index is 0.0185. The molecular formula is C28H32F3NO3. The maximum absolute atomic E-state index is 13.1. The number of aliphatic hydroxyl groups is 2. The molecule has 2 aromatic rings. The number of hydrogen-bond acceptors (Lipinski definition) is 4. The Labute approximate surface area is 203 Å². The Hall–Kier alpha value is -2.22. The number of alkyl halides is 3. The molecule has 4 nitrogen and oxygen atoms in total. The van der Waals surface area contributed by atoms with Crippen molar-refractivity contribution in [2.45, 2.75) is 76.7 Å². The Morgan fingerprint density at radius 2 is 1.86 bits per heavy atom. The third-order valence-electron chi connectivity index (χ3n) is 7.96. The van der Waals surface area contributed by atoms with Crippen LogP contribution in [0.3, 0.4) is 0 Å². The van der Waals surface area contributed by atoms with Crippen molar-refractivity contribution >= 4 is 5.57 Å². The monoisotopic (exact) mass is 487 g/mol. The number of pyridine rings is 1. The quantitative estimate of drug-likeness (QED) is 0.534. The van der Waals surface area contributed by atoms with E-state index in [2.05, 4.69) is 0 Å². The zero-order chi connectivity index (χ0) is 25.0. The van der Waals surface area contributed by atoms with E-state index in [1.54, 1.807) is 0 Å². The van der Waals surface area contributed by atoms with Gasteiger partial charge in [0.15, 0.2) is 0 Å². The summed E-state index contributed by atoms with van der Waals surface area (Å²) < 4.78 is 44.9. The number of hydrogen-bond donors (Lipinski definition) is 2. The maximum Gasteiger partial charge on any atom is 0.416 e. The molecule has 188 valence electrons. The van der Waals surface area contributed by atoms with Crippen molar-refractivity contribution in [3.05, 3.63) is 69.5 Å². The fraction of sp³-hybridized carbons (Fsp3) is 0.536. The summed E-state index contributed by atoms with van der Waals surface area (Å²) in [4.78, 5) is 5.04. The van der Waals surface area contributed by atoms with E-state index in [1.807, 2.05) is 19.9 Å². The summed E-state index contributed by atoms with van der Waals surface area (Å²) in [5.74, 6) is -0.0185. The van der Waals surface area contributed by atoms with Crippen LogP contribution < -0.4 is 0 Å². The predicted octanol–water partition coefficient (Wildman–Crippen LogP) is 6.26. The Morgan fingerprint density at radius 1 is 1.14 bits per heavy atom. The van der Waals surface area contributed by atoms with Crippen LogP contribution in [0, 0.1) is 5.41 Å². The molecule has 1 aliphatic heterocycles. The number of fused-ring (bicyclic) bond motifs is 1. The predicted molar refractivity (Wildman–Crippen MR) is 127 cm³/mol. The Bertz CT molecular complexity index is 1130. The summed E-state index contributed by atoms with van der Waals surface area (Å²) in [6.45, 7) is 5.01. The van der Waals surface area contributed by atoms with Crippen LogP contribution in [-0.2, 0) is 17.3 Å². The van der Waals surface area contributed by atoms with E-state index in [-0.39, 0.29) is 11.3 Å². The first-order chi connectivity index (χ1) is 16.6. The van der Waals surface area contributed by atoms with Gasteiger partial charge in [-0.2, -0.15) is 13.2 Å². The van der Waals surface area contributed by atoms with E-state index in [0.29, 0.717) is 37.2 Å². The molecule has 2 heterocycles. The molecule has 0 unspecified atom stereocenters. The number of rotatable bonds is 4. The second-order valence-corrected chi connectivity index (χ2v) is 10.6. The number of aliphatic hydroxyl groups excluding tert-OH is 2. The van der Waals surface area contributed by atoms with Gasteiger partial charge in [-0.25, -0.2) is 0 Å². The van der Waals surface area contributed by atoms with E-state index in [1.165, 1.54) is 18.6 Å². The van der Waals surface area contributed by atoms with Crippen molar-refractivity contribution in [2.75, 3.05) is 13.2 Å². The van der Waals surface area contributed by atoms with Crippen LogP contribution in [0.4, 0.5) is 13.2 Å². The highest BCUT2D eigenvalue weighted by Gasteiger charge is 2.45. The third-order valence-corrected chi connectivity index (χ3v) is 7.96. The topological polar surface area (TPSA) is 62.6 Å². The van der Waals surface area contributed by atoms with E-state index in [9.17, 15) is 23.4 Å². The Morgan fingerprint density at radius 3 is 2.40 bits per heavy atom. The number of aromatic nitrogens is 1. The summed E-state index contributed by atoms with van der Waals surface area (Å²) in [5, 5.41) is 23.0. The van der Waals surface area contributed by atoms with Crippen molar-refractivity contribution in [1.29, 1.82) is 0 Å². The van der Waals surface area contributed by atoms with E-state index in [0.717, 1.165) is 59.5 Å². The molecule has 1 saturated carbocycles. The minimum Gasteiger partial charge on any atom is -0.388 e. The molecule has 0 radical (unpaired) electrons. The van der Waals surface area contributed by atoms with Crippen molar-refractivity contribution < 1.29 is 28.1 Å². The van der Waals surface area contributed by atoms with Gasteiger partial charge >= 0.3 is 6.18 Å². The molecule has 3 aliphatic rings. The van der Waals surface area contributed by atoms with Gasteiger partial charge < -0.3 is 14.9 Å². The number of benzene rings is 1. The molecule has 1 fully saturated rings. The number of nitrogens with zero attached hydrogens (tertiary/aromatic N) is 1. The zero-order valence-corrected chi connectivity index (χ0v) is 20.2. The van der Waals surface area contributed by atoms with Crippen LogP contribution in [0.1, 0.15) is 103 Å². The molecule has 35 heavy (non-hydrogen) atoms. The molecular weight excluding hydrogens is 455 g/mol. The van der Waals surface area contributed by atoms with E-state index >= 15 is 0 Å². The van der Waals surface area contributed by atoms with Gasteiger partial charge in [0.05, 0.1) is 24.9 Å².